The Balaban J connectivity index is 0.00000544. The van der Waals surface area contributed by atoms with Crippen LogP contribution in [0.2, 0.25) is 0 Å². The first-order valence-electron chi connectivity index (χ1n) is 12.0. The van der Waals surface area contributed by atoms with Crippen molar-refractivity contribution < 1.29 is 9.53 Å². The molecule has 10 heteroatoms. The number of hydrogen-bond acceptors (Lipinski definition) is 5. The fourth-order valence-electron chi connectivity index (χ4n) is 3.83. The van der Waals surface area contributed by atoms with Crippen molar-refractivity contribution in [3.8, 4) is 0 Å². The largest absolute Gasteiger partial charge is 0.444 e. The molecule has 1 aliphatic rings. The van der Waals surface area contributed by atoms with Crippen LogP contribution in [-0.2, 0) is 18.3 Å². The number of guanidine groups is 1. The zero-order chi connectivity index (χ0) is 23.8. The predicted molar refractivity (Wildman–Crippen MR) is 143 cm³/mol. The molecule has 2 rings (SSSR count). The molecule has 0 bridgehead atoms. The summed E-state index contributed by atoms with van der Waals surface area (Å²) in [6.45, 7) is 12.7. The van der Waals surface area contributed by atoms with Crippen LogP contribution in [0.5, 0.6) is 0 Å². The zero-order valence-corrected chi connectivity index (χ0v) is 23.8. The second-order valence-electron chi connectivity index (χ2n) is 9.83. The van der Waals surface area contributed by atoms with E-state index in [9.17, 15) is 4.79 Å². The van der Waals surface area contributed by atoms with Gasteiger partial charge in [-0.25, -0.2) is 9.79 Å². The van der Waals surface area contributed by atoms with E-state index in [2.05, 4.69) is 40.0 Å². The Kier molecular flexibility index (Phi) is 11.9. The lowest BCUT2D eigenvalue weighted by atomic mass is 9.93. The van der Waals surface area contributed by atoms with Crippen molar-refractivity contribution in [1.82, 2.24) is 30.7 Å². The van der Waals surface area contributed by atoms with Crippen molar-refractivity contribution in [2.75, 3.05) is 6.54 Å². The molecule has 3 N–H and O–H groups in total. The summed E-state index contributed by atoms with van der Waals surface area (Å²) in [6.07, 6.45) is 7.22. The number of aliphatic imine (C=N–C) groups is 1. The van der Waals surface area contributed by atoms with E-state index in [1.807, 2.05) is 39.3 Å². The minimum absolute atomic E-state index is 0. The first-order chi connectivity index (χ1) is 15.1. The molecule has 0 atom stereocenters. The van der Waals surface area contributed by atoms with Gasteiger partial charge in [-0.3, -0.25) is 0 Å². The highest BCUT2D eigenvalue weighted by Gasteiger charge is 2.31. The average Bonchev–Trinajstić information content (AvgIpc) is 3.06. The fourth-order valence-corrected chi connectivity index (χ4v) is 3.83. The van der Waals surface area contributed by atoms with Crippen LogP contribution in [0.25, 0.3) is 0 Å². The SMILES string of the molecule is CCC(CC)(CNC(=NCc1nnc(C)n1C)NC1CCCCC1)NC(=O)OC(C)(C)C.I. The normalized spacial score (nSPS) is 15.5. The Morgan fingerprint density at radius 3 is 2.30 bits per heavy atom. The molecular formula is C23H44IN7O2. The summed E-state index contributed by atoms with van der Waals surface area (Å²) >= 11 is 0. The summed E-state index contributed by atoms with van der Waals surface area (Å²) in [4.78, 5) is 17.3. The first-order valence-corrected chi connectivity index (χ1v) is 12.0. The predicted octanol–water partition coefficient (Wildman–Crippen LogP) is 4.19. The first kappa shape index (κ1) is 29.4. The van der Waals surface area contributed by atoms with E-state index in [0.717, 1.165) is 43.3 Å². The third-order valence-electron chi connectivity index (χ3n) is 6.22. The van der Waals surface area contributed by atoms with E-state index >= 15 is 0 Å². The standard InChI is InChI=1S/C23H43N7O2.HI/c1-8-23(9-2,27-21(31)32-22(4,5)6)16-25-20(26-18-13-11-10-12-14-18)24-15-19-29-28-17(3)30(19)7;/h18H,8-16H2,1-7H3,(H,27,31)(H2,24,25,26);1H. The molecule has 1 aliphatic carbocycles. The van der Waals surface area contributed by atoms with E-state index in [1.54, 1.807) is 0 Å². The van der Waals surface area contributed by atoms with Crippen LogP contribution in [0, 0.1) is 6.92 Å². The van der Waals surface area contributed by atoms with Crippen molar-refractivity contribution in [3.63, 3.8) is 0 Å². The molecule has 1 saturated carbocycles. The molecule has 190 valence electrons. The molecule has 0 spiro atoms. The van der Waals surface area contributed by atoms with Crippen molar-refractivity contribution in [3.05, 3.63) is 11.6 Å². The van der Waals surface area contributed by atoms with Crippen LogP contribution < -0.4 is 16.0 Å². The van der Waals surface area contributed by atoms with Gasteiger partial charge in [-0.05, 0) is 53.4 Å². The van der Waals surface area contributed by atoms with Crippen LogP contribution in [0.1, 0.15) is 91.2 Å². The number of ether oxygens (including phenoxy) is 1. The number of aryl methyl sites for hydroxylation is 1. The fraction of sp³-hybridized carbons (Fsp3) is 0.826. The van der Waals surface area contributed by atoms with Crippen LogP contribution in [0.3, 0.4) is 0 Å². The second kappa shape index (κ2) is 13.3. The molecule has 0 aromatic carbocycles. The minimum atomic E-state index is -0.534. The quantitative estimate of drug-likeness (QED) is 0.243. The van der Waals surface area contributed by atoms with Gasteiger partial charge in [-0.1, -0.05) is 33.1 Å². The Labute approximate surface area is 216 Å². The highest BCUT2D eigenvalue weighted by molar-refractivity contribution is 14.0. The van der Waals surface area contributed by atoms with Crippen LogP contribution in [0.15, 0.2) is 4.99 Å². The summed E-state index contributed by atoms with van der Waals surface area (Å²) < 4.78 is 7.46. The number of amides is 1. The highest BCUT2D eigenvalue weighted by atomic mass is 127. The smallest absolute Gasteiger partial charge is 0.408 e. The van der Waals surface area contributed by atoms with Crippen LogP contribution >= 0.6 is 24.0 Å². The van der Waals surface area contributed by atoms with Crippen LogP contribution in [-0.4, -0.2) is 50.5 Å². The third kappa shape index (κ3) is 9.66. The Hall–Kier alpha value is -1.59. The summed E-state index contributed by atoms with van der Waals surface area (Å²) in [5.41, 5.74) is -0.965. The number of halogens is 1. The minimum Gasteiger partial charge on any atom is -0.444 e. The Bertz CT molecular complexity index is 763. The third-order valence-corrected chi connectivity index (χ3v) is 6.22. The molecule has 1 amide bonds. The monoisotopic (exact) mass is 577 g/mol. The van der Waals surface area contributed by atoms with E-state index < -0.39 is 17.2 Å². The number of alkyl carbamates (subject to hydrolysis) is 1. The maximum atomic E-state index is 12.5. The van der Waals surface area contributed by atoms with Gasteiger partial charge in [0.25, 0.3) is 0 Å². The van der Waals surface area contributed by atoms with Gasteiger partial charge < -0.3 is 25.3 Å². The molecular weight excluding hydrogens is 533 g/mol. The van der Waals surface area contributed by atoms with E-state index in [4.69, 9.17) is 9.73 Å². The number of carbonyl (C=O) groups excluding carboxylic acids is 1. The number of nitrogens with one attached hydrogen (secondary N) is 3. The number of aromatic nitrogens is 3. The molecule has 9 nitrogen and oxygen atoms in total. The second-order valence-corrected chi connectivity index (χ2v) is 9.83. The lowest BCUT2D eigenvalue weighted by Gasteiger charge is -2.35. The van der Waals surface area contributed by atoms with Crippen molar-refractivity contribution in [2.24, 2.45) is 12.0 Å². The van der Waals surface area contributed by atoms with Gasteiger partial charge in [-0.15, -0.1) is 34.2 Å². The van der Waals surface area contributed by atoms with Gasteiger partial charge in [0.2, 0.25) is 0 Å². The van der Waals surface area contributed by atoms with Crippen molar-refractivity contribution in [1.29, 1.82) is 0 Å². The molecule has 0 radical (unpaired) electrons. The van der Waals surface area contributed by atoms with Gasteiger partial charge in [0.15, 0.2) is 11.8 Å². The maximum Gasteiger partial charge on any atom is 0.408 e. The lowest BCUT2D eigenvalue weighted by Crippen LogP contribution is -2.57. The maximum absolute atomic E-state index is 12.5. The van der Waals surface area contributed by atoms with E-state index in [-0.39, 0.29) is 24.0 Å². The molecule has 1 aromatic heterocycles. The molecule has 0 saturated heterocycles. The number of hydrogen-bond donors (Lipinski definition) is 3. The highest BCUT2D eigenvalue weighted by Crippen LogP contribution is 2.18. The molecule has 0 aliphatic heterocycles. The topological polar surface area (TPSA) is 105 Å². The molecule has 1 aromatic rings. The molecule has 33 heavy (non-hydrogen) atoms. The van der Waals surface area contributed by atoms with Gasteiger partial charge in [0.05, 0.1) is 5.54 Å². The number of rotatable bonds is 8. The average molecular weight is 578 g/mol. The van der Waals surface area contributed by atoms with Gasteiger partial charge >= 0.3 is 6.09 Å². The summed E-state index contributed by atoms with van der Waals surface area (Å²) in [5, 5.41) is 18.5. The summed E-state index contributed by atoms with van der Waals surface area (Å²) in [7, 11) is 1.95. The van der Waals surface area contributed by atoms with Crippen LogP contribution in [0.4, 0.5) is 4.79 Å². The number of nitrogens with zero attached hydrogens (tertiary/aromatic N) is 4. The zero-order valence-electron chi connectivity index (χ0n) is 21.5. The Morgan fingerprint density at radius 2 is 1.79 bits per heavy atom. The summed E-state index contributed by atoms with van der Waals surface area (Å²) in [5.74, 6) is 2.42. The van der Waals surface area contributed by atoms with Crippen molar-refractivity contribution >= 4 is 36.0 Å². The molecule has 1 fully saturated rings. The van der Waals surface area contributed by atoms with Gasteiger partial charge in [0, 0.05) is 19.6 Å². The lowest BCUT2D eigenvalue weighted by molar-refractivity contribution is 0.0448. The van der Waals surface area contributed by atoms with E-state index in [0.29, 0.717) is 19.1 Å². The Morgan fingerprint density at radius 1 is 1.15 bits per heavy atom. The number of carbonyl (C=O) groups is 1. The van der Waals surface area contributed by atoms with Gasteiger partial charge in [-0.2, -0.15) is 0 Å². The molecule has 0 unspecified atom stereocenters. The van der Waals surface area contributed by atoms with E-state index in [1.165, 1.54) is 19.3 Å². The summed E-state index contributed by atoms with van der Waals surface area (Å²) in [6, 6.07) is 0.410. The van der Waals surface area contributed by atoms with Crippen molar-refractivity contribution in [2.45, 2.75) is 110 Å². The molecule has 1 heterocycles. The van der Waals surface area contributed by atoms with Gasteiger partial charge in [0.1, 0.15) is 18.0 Å².